The zero-order chi connectivity index (χ0) is 17.6. The predicted octanol–water partition coefficient (Wildman–Crippen LogP) is 1.67. The molecule has 0 aromatic carbocycles. The summed E-state index contributed by atoms with van der Waals surface area (Å²) in [6.45, 7) is 5.32. The summed E-state index contributed by atoms with van der Waals surface area (Å²) >= 11 is 0. The predicted molar refractivity (Wildman–Crippen MR) is 116 cm³/mol. The van der Waals surface area contributed by atoms with Gasteiger partial charge in [0.2, 0.25) is 0 Å². The average molecular weight is 505 g/mol. The quantitative estimate of drug-likeness (QED) is 0.326. The van der Waals surface area contributed by atoms with Crippen LogP contribution < -0.4 is 10.6 Å². The van der Waals surface area contributed by atoms with Crippen LogP contribution in [0, 0.1) is 5.92 Å². The molecule has 1 saturated heterocycles. The molecule has 0 aromatic heterocycles. The van der Waals surface area contributed by atoms with E-state index in [1.165, 1.54) is 0 Å². The molecular weight excluding hydrogens is 473 g/mol. The maximum absolute atomic E-state index is 12.1. The highest BCUT2D eigenvalue weighted by atomic mass is 127. The van der Waals surface area contributed by atoms with Crippen molar-refractivity contribution in [3.05, 3.63) is 0 Å². The van der Waals surface area contributed by atoms with Gasteiger partial charge in [-0.05, 0) is 38.5 Å². The molecule has 148 valence electrons. The van der Waals surface area contributed by atoms with E-state index in [9.17, 15) is 12.6 Å². The van der Waals surface area contributed by atoms with E-state index in [1.807, 2.05) is 13.8 Å². The van der Waals surface area contributed by atoms with E-state index in [0.29, 0.717) is 24.8 Å². The molecular formula is C16H32IN3O3S2. The topological polar surface area (TPSA) is 87.6 Å². The van der Waals surface area contributed by atoms with E-state index in [0.717, 1.165) is 43.9 Å². The fraction of sp³-hybridized carbons (Fsp3) is 0.938. The van der Waals surface area contributed by atoms with Crippen LogP contribution in [0.1, 0.15) is 46.0 Å². The number of sulfone groups is 1. The largest absolute Gasteiger partial charge is 0.357 e. The molecule has 1 heterocycles. The van der Waals surface area contributed by atoms with Crippen LogP contribution in [-0.4, -0.2) is 60.2 Å². The van der Waals surface area contributed by atoms with Crippen molar-refractivity contribution < 1.29 is 12.6 Å². The molecule has 4 atom stereocenters. The Morgan fingerprint density at radius 2 is 2.00 bits per heavy atom. The first kappa shape index (κ1) is 23.1. The number of hydrogen-bond donors (Lipinski definition) is 2. The minimum absolute atomic E-state index is 0. The number of halogens is 1. The summed E-state index contributed by atoms with van der Waals surface area (Å²) in [7, 11) is -3.58. The Morgan fingerprint density at radius 1 is 1.24 bits per heavy atom. The van der Waals surface area contributed by atoms with Crippen LogP contribution in [0.4, 0.5) is 0 Å². The van der Waals surface area contributed by atoms with Crippen molar-refractivity contribution in [3.63, 3.8) is 0 Å². The van der Waals surface area contributed by atoms with Crippen LogP contribution in [0.3, 0.4) is 0 Å². The first-order valence-electron chi connectivity index (χ1n) is 9.06. The van der Waals surface area contributed by atoms with E-state index in [1.54, 1.807) is 0 Å². The van der Waals surface area contributed by atoms with Crippen LogP contribution in [0.5, 0.6) is 0 Å². The summed E-state index contributed by atoms with van der Waals surface area (Å²) in [6, 6.07) is 0.296. The van der Waals surface area contributed by atoms with Crippen molar-refractivity contribution in [1.82, 2.24) is 10.6 Å². The number of rotatable bonds is 6. The molecule has 0 radical (unpaired) electrons. The van der Waals surface area contributed by atoms with E-state index >= 15 is 0 Å². The van der Waals surface area contributed by atoms with Gasteiger partial charge in [0.1, 0.15) is 0 Å². The summed E-state index contributed by atoms with van der Waals surface area (Å²) in [6.07, 6.45) is 4.84. The lowest BCUT2D eigenvalue weighted by molar-refractivity contribution is 0.413. The van der Waals surface area contributed by atoms with E-state index in [2.05, 4.69) is 15.6 Å². The Morgan fingerprint density at radius 3 is 2.60 bits per heavy atom. The van der Waals surface area contributed by atoms with Crippen molar-refractivity contribution in [2.45, 2.75) is 57.2 Å². The third-order valence-electron chi connectivity index (χ3n) is 4.80. The number of nitrogens with zero attached hydrogens (tertiary/aromatic N) is 1. The Bertz CT molecular complexity index is 569. The van der Waals surface area contributed by atoms with E-state index in [-0.39, 0.29) is 40.9 Å². The van der Waals surface area contributed by atoms with Gasteiger partial charge in [0, 0.05) is 40.9 Å². The summed E-state index contributed by atoms with van der Waals surface area (Å²) in [5, 5.41) is 6.99. The normalized spacial score (nSPS) is 30.3. The fourth-order valence-electron chi connectivity index (χ4n) is 3.50. The fourth-order valence-corrected chi connectivity index (χ4v) is 6.70. The van der Waals surface area contributed by atoms with Gasteiger partial charge in [-0.15, -0.1) is 24.0 Å². The SMILES string of the molecule is CCNC(=NCC1CCS(=O)(=O)C1)NC1CCCC(S(=O)CC)C1.I. The van der Waals surface area contributed by atoms with Gasteiger partial charge in [-0.2, -0.15) is 0 Å². The molecule has 0 spiro atoms. The standard InChI is InChI=1S/C16H31N3O3S2.HI/c1-3-17-16(18-11-13-8-9-24(21,22)12-13)19-14-6-5-7-15(10-14)23(20)4-2;/h13-15H,3-12H2,1-2H3,(H2,17,18,19);1H. The van der Waals surface area contributed by atoms with Crippen LogP contribution >= 0.6 is 24.0 Å². The number of nitrogens with one attached hydrogen (secondary N) is 2. The molecule has 0 amide bonds. The number of guanidine groups is 1. The zero-order valence-corrected chi connectivity index (χ0v) is 19.2. The highest BCUT2D eigenvalue weighted by Gasteiger charge is 2.28. The van der Waals surface area contributed by atoms with Crippen molar-refractivity contribution in [3.8, 4) is 0 Å². The molecule has 2 fully saturated rings. The van der Waals surface area contributed by atoms with Gasteiger partial charge < -0.3 is 10.6 Å². The lowest BCUT2D eigenvalue weighted by Crippen LogP contribution is -2.46. The minimum Gasteiger partial charge on any atom is -0.357 e. The molecule has 1 saturated carbocycles. The van der Waals surface area contributed by atoms with Crippen molar-refractivity contribution >= 4 is 50.6 Å². The second-order valence-corrected chi connectivity index (χ2v) is 11.0. The van der Waals surface area contributed by atoms with Crippen molar-refractivity contribution in [2.75, 3.05) is 30.3 Å². The monoisotopic (exact) mass is 505 g/mol. The first-order valence-corrected chi connectivity index (χ1v) is 12.3. The highest BCUT2D eigenvalue weighted by Crippen LogP contribution is 2.23. The maximum Gasteiger partial charge on any atom is 0.191 e. The van der Waals surface area contributed by atoms with Gasteiger partial charge in [-0.25, -0.2) is 8.42 Å². The van der Waals surface area contributed by atoms with Gasteiger partial charge in [0.05, 0.1) is 11.5 Å². The van der Waals surface area contributed by atoms with Crippen molar-refractivity contribution in [1.29, 1.82) is 0 Å². The van der Waals surface area contributed by atoms with Crippen molar-refractivity contribution in [2.24, 2.45) is 10.9 Å². The maximum atomic E-state index is 12.1. The molecule has 1 aliphatic heterocycles. The van der Waals surface area contributed by atoms with Crippen LogP contribution in [0.2, 0.25) is 0 Å². The summed E-state index contributed by atoms with van der Waals surface area (Å²) < 4.78 is 35.2. The molecule has 25 heavy (non-hydrogen) atoms. The van der Waals surface area contributed by atoms with Crippen LogP contribution in [0.25, 0.3) is 0 Å². The summed E-state index contributed by atoms with van der Waals surface area (Å²) in [5.74, 6) is 2.18. The van der Waals surface area contributed by atoms with E-state index in [4.69, 9.17) is 0 Å². The third kappa shape index (κ3) is 7.70. The molecule has 9 heteroatoms. The summed E-state index contributed by atoms with van der Waals surface area (Å²) in [5.41, 5.74) is 0. The van der Waals surface area contributed by atoms with Gasteiger partial charge >= 0.3 is 0 Å². The second-order valence-electron chi connectivity index (χ2n) is 6.79. The molecule has 2 aliphatic rings. The number of hydrogen-bond acceptors (Lipinski definition) is 4. The van der Waals surface area contributed by atoms with Crippen LogP contribution in [-0.2, 0) is 20.6 Å². The smallest absolute Gasteiger partial charge is 0.191 e. The molecule has 2 N–H and O–H groups in total. The van der Waals surface area contributed by atoms with Gasteiger partial charge in [-0.1, -0.05) is 13.3 Å². The van der Waals surface area contributed by atoms with Crippen LogP contribution in [0.15, 0.2) is 4.99 Å². The Kier molecular flexibility index (Phi) is 10.2. The zero-order valence-electron chi connectivity index (χ0n) is 15.2. The lowest BCUT2D eigenvalue weighted by atomic mass is 9.95. The molecule has 6 nitrogen and oxygen atoms in total. The Labute approximate surface area is 171 Å². The average Bonchev–Trinajstić information content (AvgIpc) is 2.91. The molecule has 4 unspecified atom stereocenters. The Balaban J connectivity index is 0.00000312. The molecule has 2 rings (SSSR count). The third-order valence-corrected chi connectivity index (χ3v) is 8.38. The van der Waals surface area contributed by atoms with E-state index < -0.39 is 20.6 Å². The molecule has 0 bridgehead atoms. The lowest BCUT2D eigenvalue weighted by Gasteiger charge is -2.30. The minimum atomic E-state index is -2.85. The molecule has 1 aliphatic carbocycles. The first-order chi connectivity index (χ1) is 11.4. The Hall–Kier alpha value is 0.1000. The summed E-state index contributed by atoms with van der Waals surface area (Å²) in [4.78, 5) is 4.60. The molecule has 0 aromatic rings. The number of aliphatic imine (C=N–C) groups is 1. The van der Waals surface area contributed by atoms with Gasteiger partial charge in [0.15, 0.2) is 15.8 Å². The second kappa shape index (κ2) is 11.1. The van der Waals surface area contributed by atoms with Gasteiger partial charge in [0.25, 0.3) is 0 Å². The van der Waals surface area contributed by atoms with Gasteiger partial charge in [-0.3, -0.25) is 9.20 Å². The highest BCUT2D eigenvalue weighted by molar-refractivity contribution is 14.0.